The van der Waals surface area contributed by atoms with E-state index in [1.165, 1.54) is 0 Å². The van der Waals surface area contributed by atoms with Gasteiger partial charge in [-0.3, -0.25) is 9.59 Å². The molecule has 0 fully saturated rings. The number of likely N-dealkylation sites (N-methyl/N-ethyl adjacent to an activating group) is 1. The highest BCUT2D eigenvalue weighted by molar-refractivity contribution is 5.89. The van der Waals surface area contributed by atoms with Crippen molar-refractivity contribution in [1.29, 1.82) is 0 Å². The van der Waals surface area contributed by atoms with E-state index in [0.717, 1.165) is 0 Å². The summed E-state index contributed by atoms with van der Waals surface area (Å²) in [5, 5.41) is 8.41. The maximum absolute atomic E-state index is 12.0. The molecule has 0 aliphatic carbocycles. The molecule has 100 valence electrons. The second kappa shape index (κ2) is 7.27. The van der Waals surface area contributed by atoms with Crippen LogP contribution in [-0.2, 0) is 9.59 Å². The van der Waals surface area contributed by atoms with Crippen molar-refractivity contribution in [1.82, 2.24) is 16.0 Å². The van der Waals surface area contributed by atoms with Crippen LogP contribution in [0.1, 0.15) is 34.6 Å². The number of carbonyl (C=O) groups excluding carboxylic acids is 2. The zero-order valence-electron chi connectivity index (χ0n) is 11.6. The van der Waals surface area contributed by atoms with Crippen molar-refractivity contribution >= 4 is 11.8 Å². The van der Waals surface area contributed by atoms with E-state index in [9.17, 15) is 9.59 Å². The Kier molecular flexibility index (Phi) is 6.80. The van der Waals surface area contributed by atoms with E-state index in [-0.39, 0.29) is 29.8 Å². The first-order chi connectivity index (χ1) is 7.79. The lowest BCUT2D eigenvalue weighted by Crippen LogP contribution is -2.54. The molecule has 0 aromatic rings. The summed E-state index contributed by atoms with van der Waals surface area (Å²) in [6, 6.07) is -0.562. The summed E-state index contributed by atoms with van der Waals surface area (Å²) in [5.41, 5.74) is 0. The Morgan fingerprint density at radius 1 is 0.941 bits per heavy atom. The van der Waals surface area contributed by atoms with E-state index in [0.29, 0.717) is 0 Å². The summed E-state index contributed by atoms with van der Waals surface area (Å²) in [7, 11) is 1.55. The van der Waals surface area contributed by atoms with Crippen LogP contribution in [-0.4, -0.2) is 37.0 Å². The van der Waals surface area contributed by atoms with Gasteiger partial charge in [-0.25, -0.2) is 0 Å². The molecule has 0 spiro atoms. The first-order valence-electron chi connectivity index (χ1n) is 6.07. The van der Waals surface area contributed by atoms with Crippen LogP contribution in [0.2, 0.25) is 0 Å². The third-order valence-electron chi connectivity index (χ3n) is 2.46. The molecule has 0 radical (unpaired) electrons. The fourth-order valence-corrected chi connectivity index (χ4v) is 1.52. The van der Waals surface area contributed by atoms with Crippen molar-refractivity contribution in [3.8, 4) is 0 Å². The molecule has 3 N–H and O–H groups in total. The molecule has 0 saturated carbocycles. The monoisotopic (exact) mass is 243 g/mol. The summed E-state index contributed by atoms with van der Waals surface area (Å²) in [6.07, 6.45) is 0. The van der Waals surface area contributed by atoms with E-state index in [2.05, 4.69) is 16.0 Å². The molecule has 0 rings (SSSR count). The summed E-state index contributed by atoms with van der Waals surface area (Å²) >= 11 is 0. The maximum atomic E-state index is 12.0. The molecule has 0 heterocycles. The minimum atomic E-state index is -0.511. The van der Waals surface area contributed by atoms with Crippen molar-refractivity contribution in [3.63, 3.8) is 0 Å². The third kappa shape index (κ3) is 5.68. The molecular weight excluding hydrogens is 218 g/mol. The van der Waals surface area contributed by atoms with E-state index in [1.54, 1.807) is 14.0 Å². The number of hydrogen-bond acceptors (Lipinski definition) is 3. The van der Waals surface area contributed by atoms with Gasteiger partial charge in [0.15, 0.2) is 0 Å². The molecule has 0 aromatic heterocycles. The molecule has 0 unspecified atom stereocenters. The van der Waals surface area contributed by atoms with Crippen molar-refractivity contribution in [2.45, 2.75) is 52.7 Å². The lowest BCUT2D eigenvalue weighted by atomic mass is 10.0. The number of hydrogen-bond donors (Lipinski definition) is 3. The van der Waals surface area contributed by atoms with Crippen molar-refractivity contribution < 1.29 is 9.59 Å². The Labute approximate surface area is 104 Å². The molecule has 0 aromatic carbocycles. The predicted molar refractivity (Wildman–Crippen MR) is 68.6 cm³/mol. The molecule has 0 saturated heterocycles. The van der Waals surface area contributed by atoms with Crippen LogP contribution >= 0.6 is 0 Å². The Morgan fingerprint density at radius 3 is 1.82 bits per heavy atom. The lowest BCUT2D eigenvalue weighted by Gasteiger charge is -2.25. The predicted octanol–water partition coefficient (Wildman–Crippen LogP) is 0.260. The van der Waals surface area contributed by atoms with Crippen molar-refractivity contribution in [3.05, 3.63) is 0 Å². The standard InChI is InChI=1S/C12H25N3O2/c1-7(2)10(14-8(3)4)12(17)15-9(5)11(16)13-6/h7-10,14H,1-6H3,(H,13,16)(H,15,17)/t9-,10-/m0/s1. The molecule has 0 bridgehead atoms. The van der Waals surface area contributed by atoms with Gasteiger partial charge in [-0.2, -0.15) is 0 Å². The van der Waals surface area contributed by atoms with Gasteiger partial charge < -0.3 is 16.0 Å². The highest BCUT2D eigenvalue weighted by Gasteiger charge is 2.25. The van der Waals surface area contributed by atoms with Crippen LogP contribution in [0.5, 0.6) is 0 Å². The molecule has 17 heavy (non-hydrogen) atoms. The number of carbonyl (C=O) groups is 2. The van der Waals surface area contributed by atoms with E-state index < -0.39 is 6.04 Å². The Balaban J connectivity index is 4.47. The summed E-state index contributed by atoms with van der Waals surface area (Å²) in [5.74, 6) is -0.149. The van der Waals surface area contributed by atoms with Gasteiger partial charge in [-0.15, -0.1) is 0 Å². The van der Waals surface area contributed by atoms with Crippen LogP contribution in [0, 0.1) is 5.92 Å². The average Bonchev–Trinajstić information content (AvgIpc) is 2.23. The fraction of sp³-hybridized carbons (Fsp3) is 0.833. The Morgan fingerprint density at radius 2 is 1.47 bits per heavy atom. The van der Waals surface area contributed by atoms with Crippen LogP contribution in [0.4, 0.5) is 0 Å². The summed E-state index contributed by atoms with van der Waals surface area (Å²) in [4.78, 5) is 23.3. The van der Waals surface area contributed by atoms with Gasteiger partial charge in [-0.05, 0) is 12.8 Å². The first kappa shape index (κ1) is 15.9. The quantitative estimate of drug-likeness (QED) is 0.627. The second-order valence-electron chi connectivity index (χ2n) is 4.89. The molecule has 2 amide bonds. The van der Waals surface area contributed by atoms with E-state index >= 15 is 0 Å². The van der Waals surface area contributed by atoms with Crippen LogP contribution < -0.4 is 16.0 Å². The minimum absolute atomic E-state index is 0.134. The number of nitrogens with one attached hydrogen (secondary N) is 3. The largest absolute Gasteiger partial charge is 0.357 e. The SMILES string of the molecule is CNC(=O)[C@H](C)NC(=O)[C@@H](NC(C)C)C(C)C. The number of rotatable bonds is 6. The molecule has 2 atom stereocenters. The molecule has 0 aliphatic rings. The van der Waals surface area contributed by atoms with Gasteiger partial charge in [0.05, 0.1) is 6.04 Å². The topological polar surface area (TPSA) is 70.2 Å². The number of amides is 2. The Bertz CT molecular complexity index is 264. The third-order valence-corrected chi connectivity index (χ3v) is 2.46. The lowest BCUT2D eigenvalue weighted by molar-refractivity contribution is -0.130. The van der Waals surface area contributed by atoms with Crippen LogP contribution in [0.15, 0.2) is 0 Å². The molecule has 5 nitrogen and oxygen atoms in total. The zero-order chi connectivity index (χ0) is 13.6. The van der Waals surface area contributed by atoms with Crippen LogP contribution in [0.25, 0.3) is 0 Å². The molecular formula is C12H25N3O2. The smallest absolute Gasteiger partial charge is 0.242 e. The average molecular weight is 243 g/mol. The minimum Gasteiger partial charge on any atom is -0.357 e. The molecule has 5 heteroatoms. The van der Waals surface area contributed by atoms with Crippen molar-refractivity contribution in [2.24, 2.45) is 5.92 Å². The highest BCUT2D eigenvalue weighted by Crippen LogP contribution is 2.03. The van der Waals surface area contributed by atoms with Gasteiger partial charge in [0.2, 0.25) is 11.8 Å². The summed E-state index contributed by atoms with van der Waals surface area (Å²) in [6.45, 7) is 9.60. The van der Waals surface area contributed by atoms with Gasteiger partial charge in [0, 0.05) is 13.1 Å². The van der Waals surface area contributed by atoms with E-state index in [1.807, 2.05) is 27.7 Å². The maximum Gasteiger partial charge on any atom is 0.242 e. The second-order valence-corrected chi connectivity index (χ2v) is 4.89. The summed E-state index contributed by atoms with van der Waals surface area (Å²) < 4.78 is 0. The van der Waals surface area contributed by atoms with Crippen LogP contribution in [0.3, 0.4) is 0 Å². The molecule has 0 aliphatic heterocycles. The Hall–Kier alpha value is -1.10. The highest BCUT2D eigenvalue weighted by atomic mass is 16.2. The first-order valence-corrected chi connectivity index (χ1v) is 6.07. The van der Waals surface area contributed by atoms with E-state index in [4.69, 9.17) is 0 Å². The van der Waals surface area contributed by atoms with Gasteiger partial charge in [0.25, 0.3) is 0 Å². The fourth-order valence-electron chi connectivity index (χ4n) is 1.52. The van der Waals surface area contributed by atoms with Gasteiger partial charge >= 0.3 is 0 Å². The van der Waals surface area contributed by atoms with Crippen molar-refractivity contribution in [2.75, 3.05) is 7.05 Å². The zero-order valence-corrected chi connectivity index (χ0v) is 11.6. The van der Waals surface area contributed by atoms with Gasteiger partial charge in [0.1, 0.15) is 6.04 Å². The van der Waals surface area contributed by atoms with Gasteiger partial charge in [-0.1, -0.05) is 27.7 Å². The normalized spacial score (nSPS) is 14.6.